The van der Waals surface area contributed by atoms with Crippen LogP contribution in [0.1, 0.15) is 41.6 Å². The lowest BCUT2D eigenvalue weighted by molar-refractivity contribution is -0.140. The number of carbonyl (C=O) groups excluding carboxylic acids is 1. The van der Waals surface area contributed by atoms with Crippen LogP contribution in [0.3, 0.4) is 0 Å². The molecule has 0 aromatic heterocycles. The fourth-order valence-electron chi connectivity index (χ4n) is 4.52. The third kappa shape index (κ3) is 5.56. The molecule has 1 atom stereocenters. The Morgan fingerprint density at radius 2 is 1.65 bits per heavy atom. The van der Waals surface area contributed by atoms with Crippen molar-refractivity contribution in [1.29, 1.82) is 0 Å². The average Bonchev–Trinajstić information content (AvgIpc) is 3.39. The molecule has 0 saturated heterocycles. The number of aliphatic carboxylic acids is 1. The summed E-state index contributed by atoms with van der Waals surface area (Å²) < 4.78 is 67.6. The van der Waals surface area contributed by atoms with E-state index in [2.05, 4.69) is 5.32 Å². The molecule has 4 rings (SSSR count). The van der Waals surface area contributed by atoms with Crippen molar-refractivity contribution in [2.45, 2.75) is 48.7 Å². The van der Waals surface area contributed by atoms with Crippen LogP contribution in [-0.4, -0.2) is 37.0 Å². The van der Waals surface area contributed by atoms with Gasteiger partial charge in [0.25, 0.3) is 15.7 Å². The van der Waals surface area contributed by atoms with Gasteiger partial charge in [0.2, 0.25) is 0 Å². The lowest BCUT2D eigenvalue weighted by Crippen LogP contribution is -2.45. The molecule has 0 aliphatic heterocycles. The third-order valence-electron chi connectivity index (χ3n) is 6.47. The predicted octanol–water partition coefficient (Wildman–Crippen LogP) is 5.09. The van der Waals surface area contributed by atoms with E-state index in [0.29, 0.717) is 23.8 Å². The summed E-state index contributed by atoms with van der Waals surface area (Å²) in [7, 11) is -5.47. The number of sulfone groups is 1. The molecule has 0 bridgehead atoms. The number of halogens is 3. The van der Waals surface area contributed by atoms with E-state index < -0.39 is 38.2 Å². The minimum atomic E-state index is -5.47. The normalized spacial score (nSPS) is 15.4. The van der Waals surface area contributed by atoms with Crippen molar-refractivity contribution in [3.63, 3.8) is 0 Å². The van der Waals surface area contributed by atoms with E-state index in [1.165, 1.54) is 18.2 Å². The minimum absolute atomic E-state index is 0.110. The van der Waals surface area contributed by atoms with Gasteiger partial charge in [-0.25, -0.2) is 13.2 Å². The quantitative estimate of drug-likeness (QED) is 0.416. The van der Waals surface area contributed by atoms with Crippen molar-refractivity contribution in [1.82, 2.24) is 5.32 Å². The fourth-order valence-corrected chi connectivity index (χ4v) is 5.28. The van der Waals surface area contributed by atoms with Crippen LogP contribution in [-0.2, 0) is 21.2 Å². The van der Waals surface area contributed by atoms with E-state index in [-0.39, 0.29) is 23.8 Å². The van der Waals surface area contributed by atoms with Gasteiger partial charge < -0.3 is 15.2 Å². The highest BCUT2D eigenvalue weighted by Crippen LogP contribution is 2.33. The number of carboxylic acid groups (broad SMARTS) is 1. The zero-order chi connectivity index (χ0) is 26.8. The molecular formula is C26H24F3NO6S. The van der Waals surface area contributed by atoms with Gasteiger partial charge in [0.05, 0.1) is 10.5 Å². The van der Waals surface area contributed by atoms with E-state index in [1.807, 2.05) is 0 Å². The van der Waals surface area contributed by atoms with Gasteiger partial charge in [0.15, 0.2) is 0 Å². The number of ether oxygens (including phenoxy) is 1. The van der Waals surface area contributed by atoms with Crippen molar-refractivity contribution in [3.05, 3.63) is 71.8 Å². The maximum atomic E-state index is 13.2. The van der Waals surface area contributed by atoms with Crippen molar-refractivity contribution in [2.75, 3.05) is 0 Å². The van der Waals surface area contributed by atoms with Crippen LogP contribution in [0.15, 0.2) is 65.6 Å². The maximum absolute atomic E-state index is 13.2. The van der Waals surface area contributed by atoms with Gasteiger partial charge in [-0.1, -0.05) is 55.3 Å². The van der Waals surface area contributed by atoms with Crippen LogP contribution >= 0.6 is 0 Å². The molecule has 1 aliphatic carbocycles. The second-order valence-electron chi connectivity index (χ2n) is 8.88. The van der Waals surface area contributed by atoms with E-state index in [0.717, 1.165) is 30.4 Å². The number of rotatable bonds is 8. The molecule has 1 aliphatic rings. The molecular weight excluding hydrogens is 511 g/mol. The largest absolute Gasteiger partial charge is 0.501 e. The van der Waals surface area contributed by atoms with Crippen LogP contribution in [0, 0.1) is 5.92 Å². The first-order valence-corrected chi connectivity index (χ1v) is 13.1. The van der Waals surface area contributed by atoms with Crippen LogP contribution in [0.2, 0.25) is 0 Å². The lowest BCUT2D eigenvalue weighted by atomic mass is 9.97. The monoisotopic (exact) mass is 535 g/mol. The lowest BCUT2D eigenvalue weighted by Gasteiger charge is -2.22. The van der Waals surface area contributed by atoms with Crippen LogP contribution in [0.25, 0.3) is 10.8 Å². The smallest absolute Gasteiger partial charge is 0.487 e. The highest BCUT2D eigenvalue weighted by Gasteiger charge is 2.46. The standard InChI is InChI=1S/C26H24F3NO6S/c27-26(28,29)37(34,35)19-12-9-16(10-13-19)15-36-23-20-8-4-3-5-17(20)11-14-21(23)24(31)30-22(25(32)33)18-6-1-2-7-18/h3-5,8-14,18,22H,1-2,6-7,15H2,(H,30,31)(H,32,33). The Hall–Kier alpha value is -3.60. The molecule has 37 heavy (non-hydrogen) atoms. The first kappa shape index (κ1) is 26.5. The first-order valence-electron chi connectivity index (χ1n) is 11.6. The number of hydrogen-bond donors (Lipinski definition) is 2. The van der Waals surface area contributed by atoms with Gasteiger partial charge in [-0.2, -0.15) is 13.2 Å². The minimum Gasteiger partial charge on any atom is -0.487 e. The van der Waals surface area contributed by atoms with Crippen molar-refractivity contribution in [2.24, 2.45) is 5.92 Å². The molecule has 0 heterocycles. The average molecular weight is 536 g/mol. The van der Waals surface area contributed by atoms with Crippen LogP contribution < -0.4 is 10.1 Å². The molecule has 0 spiro atoms. The molecule has 2 N–H and O–H groups in total. The number of amides is 1. The van der Waals surface area contributed by atoms with Crippen molar-refractivity contribution in [3.8, 4) is 5.75 Å². The van der Waals surface area contributed by atoms with Gasteiger partial charge >= 0.3 is 11.5 Å². The second kappa shape index (κ2) is 10.4. The summed E-state index contributed by atoms with van der Waals surface area (Å²) in [5, 5.41) is 13.7. The van der Waals surface area contributed by atoms with Gasteiger partial charge in [-0.05, 0) is 47.9 Å². The van der Waals surface area contributed by atoms with Gasteiger partial charge in [-0.15, -0.1) is 0 Å². The highest BCUT2D eigenvalue weighted by atomic mass is 32.2. The molecule has 1 amide bonds. The number of alkyl halides is 3. The molecule has 196 valence electrons. The molecule has 0 radical (unpaired) electrons. The summed E-state index contributed by atoms with van der Waals surface area (Å²) in [6, 6.07) is 13.4. The Labute approximate surface area is 211 Å². The Kier molecular flexibility index (Phi) is 7.44. The van der Waals surface area contributed by atoms with E-state index in [1.54, 1.807) is 30.3 Å². The van der Waals surface area contributed by atoms with E-state index in [4.69, 9.17) is 4.74 Å². The topological polar surface area (TPSA) is 110 Å². The van der Waals surface area contributed by atoms with Crippen molar-refractivity contribution >= 4 is 32.5 Å². The van der Waals surface area contributed by atoms with Crippen LogP contribution in [0.5, 0.6) is 5.75 Å². The zero-order valence-electron chi connectivity index (χ0n) is 19.5. The molecule has 1 unspecified atom stereocenters. The SMILES string of the molecule is O=C(NC(C(=O)O)C1CCCC1)c1ccc2ccccc2c1OCc1ccc(S(=O)(=O)C(F)(F)F)cc1. The summed E-state index contributed by atoms with van der Waals surface area (Å²) in [6.45, 7) is -0.175. The molecule has 7 nitrogen and oxygen atoms in total. The first-order chi connectivity index (χ1) is 17.5. The number of nitrogens with one attached hydrogen (secondary N) is 1. The predicted molar refractivity (Wildman–Crippen MR) is 129 cm³/mol. The summed E-state index contributed by atoms with van der Waals surface area (Å²) in [4.78, 5) is 24.2. The second-order valence-corrected chi connectivity index (χ2v) is 10.8. The van der Waals surface area contributed by atoms with E-state index >= 15 is 0 Å². The Balaban J connectivity index is 1.61. The van der Waals surface area contributed by atoms with E-state index in [9.17, 15) is 36.3 Å². The molecule has 3 aromatic carbocycles. The van der Waals surface area contributed by atoms with Gasteiger partial charge in [-0.3, -0.25) is 4.79 Å². The summed E-state index contributed by atoms with van der Waals surface area (Å²) >= 11 is 0. The third-order valence-corrected chi connectivity index (χ3v) is 7.97. The Bertz CT molecular complexity index is 1410. The highest BCUT2D eigenvalue weighted by molar-refractivity contribution is 7.92. The number of carboxylic acids is 1. The number of hydrogen-bond acceptors (Lipinski definition) is 5. The van der Waals surface area contributed by atoms with Crippen molar-refractivity contribution < 1.29 is 41.0 Å². The summed E-state index contributed by atoms with van der Waals surface area (Å²) in [5.41, 5.74) is -4.93. The molecule has 3 aromatic rings. The summed E-state index contributed by atoms with van der Waals surface area (Å²) in [6.07, 6.45) is 3.21. The fraction of sp³-hybridized carbons (Fsp3) is 0.308. The van der Waals surface area contributed by atoms with Gasteiger partial charge in [0.1, 0.15) is 18.4 Å². The molecule has 1 saturated carbocycles. The molecule has 11 heteroatoms. The van der Waals surface area contributed by atoms with Gasteiger partial charge in [0, 0.05) is 5.39 Å². The number of fused-ring (bicyclic) bond motifs is 1. The molecule has 1 fully saturated rings. The zero-order valence-corrected chi connectivity index (χ0v) is 20.3. The summed E-state index contributed by atoms with van der Waals surface area (Å²) in [5.74, 6) is -1.72. The van der Waals surface area contributed by atoms with Crippen LogP contribution in [0.4, 0.5) is 13.2 Å². The number of benzene rings is 3. The Morgan fingerprint density at radius 1 is 1.00 bits per heavy atom. The Morgan fingerprint density at radius 3 is 2.27 bits per heavy atom. The number of carbonyl (C=O) groups is 2. The maximum Gasteiger partial charge on any atom is 0.501 e.